The maximum Gasteiger partial charge on any atom is 0.196 e. The van der Waals surface area contributed by atoms with Gasteiger partial charge in [-0.15, -0.1) is 0 Å². The molecule has 30 heavy (non-hydrogen) atoms. The van der Waals surface area contributed by atoms with Gasteiger partial charge < -0.3 is 18.9 Å². The number of epoxide rings is 1. The normalized spacial score (nSPS) is 18.5. The van der Waals surface area contributed by atoms with Crippen molar-refractivity contribution >= 4 is 16.7 Å². The van der Waals surface area contributed by atoms with Gasteiger partial charge in [-0.1, -0.05) is 6.07 Å². The van der Waals surface area contributed by atoms with E-state index in [0.717, 1.165) is 51.1 Å². The fraction of sp³-hybridized carbons (Fsp3) is 0.391. The zero-order valence-electron chi connectivity index (χ0n) is 17.8. The van der Waals surface area contributed by atoms with Gasteiger partial charge in [0.1, 0.15) is 18.6 Å². The molecule has 1 atom stereocenters. The number of hydrogen-bond acceptors (Lipinski definition) is 6. The Hall–Kier alpha value is -2.74. The lowest BCUT2D eigenvalue weighted by Gasteiger charge is -2.28. The van der Waals surface area contributed by atoms with Crippen LogP contribution in [0.2, 0.25) is 0 Å². The zero-order chi connectivity index (χ0) is 21.0. The summed E-state index contributed by atoms with van der Waals surface area (Å²) < 4.78 is 13.7. The van der Waals surface area contributed by atoms with Crippen LogP contribution < -0.4 is 4.74 Å². The third-order valence-electron chi connectivity index (χ3n) is 5.83. The van der Waals surface area contributed by atoms with Crippen LogP contribution in [0.25, 0.3) is 22.0 Å². The van der Waals surface area contributed by atoms with Crippen LogP contribution in [-0.2, 0) is 24.9 Å². The quantitative estimate of drug-likeness (QED) is 0.480. The minimum Gasteiger partial charge on any atom is -0.477 e. The van der Waals surface area contributed by atoms with E-state index in [9.17, 15) is 4.79 Å². The zero-order valence-corrected chi connectivity index (χ0v) is 17.8. The minimum atomic E-state index is -0.326. The Balaban J connectivity index is 1.85. The molecule has 0 amide bonds. The van der Waals surface area contributed by atoms with Gasteiger partial charge in [0.05, 0.1) is 12.2 Å². The van der Waals surface area contributed by atoms with E-state index >= 15 is 0 Å². The van der Waals surface area contributed by atoms with Crippen LogP contribution in [0.4, 0.5) is 0 Å². The van der Waals surface area contributed by atoms with E-state index in [1.54, 1.807) is 6.20 Å². The number of pyridine rings is 1. The van der Waals surface area contributed by atoms with Gasteiger partial charge in [0.2, 0.25) is 0 Å². The van der Waals surface area contributed by atoms with Gasteiger partial charge in [-0.2, -0.15) is 0 Å². The predicted molar refractivity (Wildman–Crippen MR) is 115 cm³/mol. The Morgan fingerprint density at radius 2 is 2.13 bits per heavy atom. The smallest absolute Gasteiger partial charge is 0.196 e. The SMILES string of the molecule is CN(C)Cc1c(C(=O)C2CO2)c2c3c(c(-c4cccnc4)cc2n1C)OCN(C)C3. The molecule has 4 heterocycles. The summed E-state index contributed by atoms with van der Waals surface area (Å²) in [6.07, 6.45) is 3.30. The standard InChI is InChI=1S/C23H26N4O3/c1-25(2)11-18-21(22(28)19-12-29-19)20-16-10-26(3)13-30-23(16)15(8-17(20)27(18)4)14-6-5-7-24-9-14/h5-9,19H,10-13H2,1-4H3. The summed E-state index contributed by atoms with van der Waals surface area (Å²) in [4.78, 5) is 21.9. The summed E-state index contributed by atoms with van der Waals surface area (Å²) in [5.74, 6) is 0.920. The fourth-order valence-electron chi connectivity index (χ4n) is 4.36. The number of nitrogens with zero attached hydrogens (tertiary/aromatic N) is 4. The molecule has 0 radical (unpaired) electrons. The van der Waals surface area contributed by atoms with E-state index in [1.165, 1.54) is 0 Å². The number of ketones is 1. The van der Waals surface area contributed by atoms with E-state index < -0.39 is 0 Å². The molecular formula is C23H26N4O3. The predicted octanol–water partition coefficient (Wildman–Crippen LogP) is 2.67. The summed E-state index contributed by atoms with van der Waals surface area (Å²) in [6, 6.07) is 6.12. The molecule has 0 bridgehead atoms. The maximum atomic E-state index is 13.3. The highest BCUT2D eigenvalue weighted by molar-refractivity contribution is 6.14. The van der Waals surface area contributed by atoms with Gasteiger partial charge in [0.25, 0.3) is 0 Å². The maximum absolute atomic E-state index is 13.3. The second kappa shape index (κ2) is 7.19. The number of carbonyl (C=O) groups is 1. The van der Waals surface area contributed by atoms with Gasteiger partial charge >= 0.3 is 0 Å². The van der Waals surface area contributed by atoms with Crippen LogP contribution in [0.3, 0.4) is 0 Å². The number of Topliss-reactive ketones (excluding diaryl/α,β-unsaturated/α-hetero) is 1. The molecule has 3 aromatic rings. The second-order valence-electron chi connectivity index (χ2n) is 8.46. The van der Waals surface area contributed by atoms with Gasteiger partial charge in [-0.05, 0) is 33.3 Å². The van der Waals surface area contributed by atoms with Gasteiger partial charge in [0.15, 0.2) is 5.78 Å². The molecule has 1 unspecified atom stereocenters. The van der Waals surface area contributed by atoms with Crippen molar-refractivity contribution in [2.24, 2.45) is 7.05 Å². The lowest BCUT2D eigenvalue weighted by Crippen LogP contribution is -2.29. The second-order valence-corrected chi connectivity index (χ2v) is 8.46. The van der Waals surface area contributed by atoms with Crippen molar-refractivity contribution in [2.75, 3.05) is 34.5 Å². The summed E-state index contributed by atoms with van der Waals surface area (Å²) in [6.45, 7) is 2.41. The molecule has 0 N–H and O–H groups in total. The molecule has 0 saturated carbocycles. The molecule has 5 rings (SSSR count). The molecule has 0 aliphatic carbocycles. The van der Waals surface area contributed by atoms with Crippen LogP contribution in [0.15, 0.2) is 30.6 Å². The van der Waals surface area contributed by atoms with Crippen molar-refractivity contribution in [1.29, 1.82) is 0 Å². The average Bonchev–Trinajstić information content (AvgIpc) is 3.54. The first kappa shape index (κ1) is 19.2. The van der Waals surface area contributed by atoms with Gasteiger partial charge in [-0.25, -0.2) is 0 Å². The molecule has 1 aromatic carbocycles. The van der Waals surface area contributed by atoms with E-state index in [4.69, 9.17) is 9.47 Å². The van der Waals surface area contributed by atoms with Crippen LogP contribution >= 0.6 is 0 Å². The number of benzene rings is 1. The van der Waals surface area contributed by atoms with E-state index in [2.05, 4.69) is 25.4 Å². The Labute approximate surface area is 175 Å². The van der Waals surface area contributed by atoms with Crippen LogP contribution in [0.1, 0.15) is 21.6 Å². The summed E-state index contributed by atoms with van der Waals surface area (Å²) in [5.41, 5.74) is 5.90. The van der Waals surface area contributed by atoms with Gasteiger partial charge in [0, 0.05) is 65.8 Å². The van der Waals surface area contributed by atoms with Gasteiger partial charge in [-0.3, -0.25) is 14.7 Å². The van der Waals surface area contributed by atoms with Crippen LogP contribution in [-0.4, -0.2) is 65.7 Å². The average molecular weight is 406 g/mol. The Morgan fingerprint density at radius 3 is 2.80 bits per heavy atom. The highest BCUT2D eigenvalue weighted by Crippen LogP contribution is 2.44. The highest BCUT2D eigenvalue weighted by Gasteiger charge is 2.38. The summed E-state index contributed by atoms with van der Waals surface area (Å²) in [7, 11) is 8.11. The first-order valence-corrected chi connectivity index (χ1v) is 10.1. The molecule has 1 fully saturated rings. The molecule has 156 valence electrons. The number of rotatable bonds is 5. The Kier molecular flexibility index (Phi) is 4.61. The summed E-state index contributed by atoms with van der Waals surface area (Å²) in [5, 5.41) is 0.990. The fourth-order valence-corrected chi connectivity index (χ4v) is 4.36. The van der Waals surface area contributed by atoms with Crippen LogP contribution in [0, 0.1) is 0 Å². The Morgan fingerprint density at radius 1 is 1.33 bits per heavy atom. The van der Waals surface area contributed by atoms with E-state index in [-0.39, 0.29) is 11.9 Å². The molecule has 7 heteroatoms. The first-order chi connectivity index (χ1) is 14.5. The number of aromatic nitrogens is 2. The lowest BCUT2D eigenvalue weighted by atomic mass is 9.94. The lowest BCUT2D eigenvalue weighted by molar-refractivity contribution is 0.0953. The van der Waals surface area contributed by atoms with Crippen molar-refractivity contribution in [2.45, 2.75) is 19.2 Å². The number of ether oxygens (including phenoxy) is 2. The topological polar surface area (TPSA) is 63.1 Å². The minimum absolute atomic E-state index is 0.0713. The molecule has 0 spiro atoms. The largest absolute Gasteiger partial charge is 0.477 e. The van der Waals surface area contributed by atoms with Crippen molar-refractivity contribution in [3.63, 3.8) is 0 Å². The number of aryl methyl sites for hydroxylation is 1. The van der Waals surface area contributed by atoms with Crippen molar-refractivity contribution in [3.05, 3.63) is 47.4 Å². The third kappa shape index (κ3) is 3.10. The van der Waals surface area contributed by atoms with Crippen molar-refractivity contribution < 1.29 is 14.3 Å². The van der Waals surface area contributed by atoms with E-state index in [0.29, 0.717) is 19.9 Å². The van der Waals surface area contributed by atoms with E-state index in [1.807, 2.05) is 46.5 Å². The van der Waals surface area contributed by atoms with Crippen molar-refractivity contribution in [1.82, 2.24) is 19.4 Å². The number of fused-ring (bicyclic) bond motifs is 3. The Bertz CT molecular complexity index is 1130. The molecular weight excluding hydrogens is 380 g/mol. The highest BCUT2D eigenvalue weighted by atomic mass is 16.6. The molecule has 7 nitrogen and oxygen atoms in total. The summed E-state index contributed by atoms with van der Waals surface area (Å²) >= 11 is 0. The van der Waals surface area contributed by atoms with Crippen LogP contribution in [0.5, 0.6) is 5.75 Å². The number of hydrogen-bond donors (Lipinski definition) is 0. The molecule has 2 aliphatic rings. The molecule has 1 saturated heterocycles. The monoisotopic (exact) mass is 406 g/mol. The molecule has 2 aromatic heterocycles. The number of carbonyl (C=O) groups excluding carboxylic acids is 1. The third-order valence-corrected chi connectivity index (χ3v) is 5.83. The van der Waals surface area contributed by atoms with Crippen molar-refractivity contribution in [3.8, 4) is 16.9 Å². The first-order valence-electron chi connectivity index (χ1n) is 10.1. The molecule has 2 aliphatic heterocycles.